The number of hydrogen-bond acceptors (Lipinski definition) is 5. The Morgan fingerprint density at radius 2 is 2.08 bits per heavy atom. The molecule has 2 heterocycles. The van der Waals surface area contributed by atoms with Crippen molar-refractivity contribution in [3.63, 3.8) is 0 Å². The first-order valence-electron chi connectivity index (χ1n) is 8.53. The zero-order valence-corrected chi connectivity index (χ0v) is 15.1. The van der Waals surface area contributed by atoms with Gasteiger partial charge in [0.15, 0.2) is 0 Å². The maximum atomic E-state index is 12.3. The van der Waals surface area contributed by atoms with Crippen LogP contribution in [0.4, 0.5) is 0 Å². The normalized spacial score (nSPS) is 20.3. The largest absolute Gasteiger partial charge is 0.401 e. The second-order valence-electron chi connectivity index (χ2n) is 6.66. The van der Waals surface area contributed by atoms with E-state index in [1.807, 2.05) is 12.1 Å². The highest BCUT2D eigenvalue weighted by molar-refractivity contribution is 6.44. The molecule has 5 N–H and O–H groups in total. The van der Waals surface area contributed by atoms with Gasteiger partial charge < -0.3 is 16.4 Å². The first-order chi connectivity index (χ1) is 12.4. The van der Waals surface area contributed by atoms with E-state index in [1.165, 1.54) is 0 Å². The van der Waals surface area contributed by atoms with Crippen LogP contribution < -0.4 is 16.4 Å². The molecule has 138 valence electrons. The number of amides is 2. The van der Waals surface area contributed by atoms with E-state index in [2.05, 4.69) is 15.5 Å². The van der Waals surface area contributed by atoms with E-state index in [1.54, 1.807) is 12.1 Å². The Morgan fingerprint density at radius 3 is 2.73 bits per heavy atom. The van der Waals surface area contributed by atoms with Crippen LogP contribution in [-0.4, -0.2) is 48.1 Å². The van der Waals surface area contributed by atoms with Gasteiger partial charge in [-0.1, -0.05) is 23.7 Å². The number of rotatable bonds is 6. The monoisotopic (exact) mass is 375 g/mol. The summed E-state index contributed by atoms with van der Waals surface area (Å²) in [5, 5.41) is 14.5. The van der Waals surface area contributed by atoms with Crippen molar-refractivity contribution in [2.45, 2.75) is 25.4 Å². The maximum Gasteiger partial charge on any atom is 0.269 e. The highest BCUT2D eigenvalue weighted by Gasteiger charge is 2.29. The summed E-state index contributed by atoms with van der Waals surface area (Å²) in [7, 11) is 0. The molecule has 1 unspecified atom stereocenters. The van der Waals surface area contributed by atoms with Crippen molar-refractivity contribution >= 4 is 29.1 Å². The lowest BCUT2D eigenvalue weighted by molar-refractivity contribution is -0.119. The van der Waals surface area contributed by atoms with Crippen LogP contribution in [0.2, 0.25) is 5.02 Å². The fourth-order valence-electron chi connectivity index (χ4n) is 3.22. The van der Waals surface area contributed by atoms with Gasteiger partial charge in [0, 0.05) is 54.9 Å². The minimum atomic E-state index is -0.450. The third-order valence-electron chi connectivity index (χ3n) is 4.62. The van der Waals surface area contributed by atoms with E-state index < -0.39 is 5.91 Å². The zero-order chi connectivity index (χ0) is 18.7. The number of hydrogen-bond donors (Lipinski definition) is 4. The van der Waals surface area contributed by atoms with Crippen LogP contribution in [0.3, 0.4) is 0 Å². The molecule has 8 heteroatoms. The van der Waals surface area contributed by atoms with E-state index in [-0.39, 0.29) is 17.7 Å². The summed E-state index contributed by atoms with van der Waals surface area (Å²) in [6.07, 6.45) is 1.36. The molecule has 26 heavy (non-hydrogen) atoms. The number of carbonyl (C=O) groups excluding carboxylic acids is 2. The van der Waals surface area contributed by atoms with Gasteiger partial charge in [0.2, 0.25) is 5.91 Å². The molecule has 0 aromatic heterocycles. The zero-order valence-electron chi connectivity index (χ0n) is 14.3. The second-order valence-corrected chi connectivity index (χ2v) is 7.10. The molecule has 2 amide bonds. The molecule has 1 saturated heterocycles. The van der Waals surface area contributed by atoms with Crippen LogP contribution in [0.25, 0.3) is 0 Å². The molecule has 0 radical (unpaired) electrons. The van der Waals surface area contributed by atoms with Gasteiger partial charge in [-0.25, -0.2) is 0 Å². The van der Waals surface area contributed by atoms with Gasteiger partial charge in [0.1, 0.15) is 5.71 Å². The molecule has 0 bridgehead atoms. The minimum Gasteiger partial charge on any atom is -0.401 e. The Labute approximate surface area is 157 Å². The van der Waals surface area contributed by atoms with E-state index in [0.29, 0.717) is 48.9 Å². The molecule has 7 nitrogen and oxygen atoms in total. The lowest BCUT2D eigenvalue weighted by Gasteiger charge is -2.20. The number of nitrogens with two attached hydrogens (primary N) is 1. The van der Waals surface area contributed by atoms with E-state index in [4.69, 9.17) is 22.7 Å². The van der Waals surface area contributed by atoms with E-state index >= 15 is 0 Å². The molecular formula is C18H22ClN5O2. The van der Waals surface area contributed by atoms with E-state index in [0.717, 1.165) is 12.0 Å². The van der Waals surface area contributed by atoms with Crippen LogP contribution in [0, 0.1) is 5.41 Å². The number of benzene rings is 1. The number of nitrogens with one attached hydrogen (secondary N) is 3. The van der Waals surface area contributed by atoms with Crippen LogP contribution >= 0.6 is 11.6 Å². The van der Waals surface area contributed by atoms with Crippen molar-refractivity contribution in [2.24, 2.45) is 5.73 Å². The summed E-state index contributed by atoms with van der Waals surface area (Å²) in [6, 6.07) is 7.28. The highest BCUT2D eigenvalue weighted by Crippen LogP contribution is 2.18. The molecule has 1 atom stereocenters. The van der Waals surface area contributed by atoms with Crippen molar-refractivity contribution < 1.29 is 9.59 Å². The Balaban J connectivity index is 1.51. The molecular weight excluding hydrogens is 354 g/mol. The van der Waals surface area contributed by atoms with Gasteiger partial charge in [0.05, 0.1) is 0 Å². The topological polar surface area (TPSA) is 111 Å². The summed E-state index contributed by atoms with van der Waals surface area (Å²) in [4.78, 5) is 25.6. The van der Waals surface area contributed by atoms with Crippen molar-refractivity contribution in [3.05, 3.63) is 46.1 Å². The minimum absolute atomic E-state index is 0.0738. The molecule has 0 saturated carbocycles. The van der Waals surface area contributed by atoms with Gasteiger partial charge >= 0.3 is 0 Å². The quantitative estimate of drug-likeness (QED) is 0.550. The number of halogens is 1. The lowest BCUT2D eigenvalue weighted by atomic mass is 10.1. The van der Waals surface area contributed by atoms with Gasteiger partial charge in [-0.3, -0.25) is 19.9 Å². The molecule has 0 aliphatic carbocycles. The molecule has 0 spiro atoms. The smallest absolute Gasteiger partial charge is 0.269 e. The van der Waals surface area contributed by atoms with Gasteiger partial charge in [-0.15, -0.1) is 0 Å². The van der Waals surface area contributed by atoms with Crippen LogP contribution in [0.15, 0.2) is 35.5 Å². The second kappa shape index (κ2) is 7.88. The Bertz CT molecular complexity index is 759. The highest BCUT2D eigenvalue weighted by atomic mass is 35.5. The van der Waals surface area contributed by atoms with Crippen molar-refractivity contribution in [2.75, 3.05) is 19.6 Å². The van der Waals surface area contributed by atoms with Crippen LogP contribution in [0.1, 0.15) is 18.4 Å². The molecule has 3 rings (SSSR count). The predicted molar refractivity (Wildman–Crippen MR) is 99.8 cm³/mol. The van der Waals surface area contributed by atoms with Crippen LogP contribution in [0.5, 0.6) is 0 Å². The fourth-order valence-corrected chi connectivity index (χ4v) is 3.35. The van der Waals surface area contributed by atoms with Gasteiger partial charge in [0.25, 0.3) is 5.91 Å². The first-order valence-corrected chi connectivity index (χ1v) is 8.91. The first kappa shape index (κ1) is 18.4. The average Bonchev–Trinajstić information content (AvgIpc) is 3.19. The Hall–Kier alpha value is -2.38. The summed E-state index contributed by atoms with van der Waals surface area (Å²) in [6.45, 7) is 1.96. The Kier molecular flexibility index (Phi) is 5.58. The third kappa shape index (κ3) is 4.42. The van der Waals surface area contributed by atoms with Crippen LogP contribution in [-0.2, 0) is 16.1 Å². The summed E-state index contributed by atoms with van der Waals surface area (Å²) >= 11 is 5.84. The van der Waals surface area contributed by atoms with Crippen molar-refractivity contribution in [3.8, 4) is 0 Å². The predicted octanol–water partition coefficient (Wildman–Crippen LogP) is 0.783. The average molecular weight is 376 g/mol. The number of nitrogens with zero attached hydrogens (tertiary/aromatic N) is 1. The lowest BCUT2D eigenvalue weighted by Crippen LogP contribution is -2.39. The van der Waals surface area contributed by atoms with Gasteiger partial charge in [-0.05, 0) is 24.1 Å². The molecule has 2 aliphatic heterocycles. The summed E-state index contributed by atoms with van der Waals surface area (Å²) < 4.78 is 0. The SMILES string of the molecule is N=C(C(=O)NCc1ccc(Cl)cc1)C1=C(N)CN(CC2CCC(=O)N2)C1. The van der Waals surface area contributed by atoms with Gasteiger partial charge in [-0.2, -0.15) is 0 Å². The summed E-state index contributed by atoms with van der Waals surface area (Å²) in [5.74, 6) is -0.376. The molecule has 1 fully saturated rings. The summed E-state index contributed by atoms with van der Waals surface area (Å²) in [5.41, 5.74) is 7.95. The Morgan fingerprint density at radius 1 is 1.35 bits per heavy atom. The molecule has 1 aromatic carbocycles. The third-order valence-corrected chi connectivity index (χ3v) is 4.87. The maximum absolute atomic E-state index is 12.3. The molecule has 1 aromatic rings. The van der Waals surface area contributed by atoms with E-state index in [9.17, 15) is 9.59 Å². The number of carbonyl (C=O) groups is 2. The van der Waals surface area contributed by atoms with Crippen molar-refractivity contribution in [1.29, 1.82) is 5.41 Å². The standard InChI is InChI=1S/C18H22ClN5O2/c19-12-3-1-11(2-4-12)7-22-18(26)17(21)14-9-24(10-15(14)20)8-13-5-6-16(25)23-13/h1-4,13,21H,5-10,20H2,(H,22,26)(H,23,25). The fraction of sp³-hybridized carbons (Fsp3) is 0.389. The molecule has 2 aliphatic rings. The van der Waals surface area contributed by atoms with Crippen molar-refractivity contribution in [1.82, 2.24) is 15.5 Å².